The monoisotopic (exact) mass is 466 g/mol. The van der Waals surface area contributed by atoms with E-state index in [-0.39, 0.29) is 0 Å². The third-order valence-corrected chi connectivity index (χ3v) is 7.32. The summed E-state index contributed by atoms with van der Waals surface area (Å²) in [6.07, 6.45) is 7.79. The number of rotatable bonds is 5. The molecule has 0 atom stereocenters. The Balaban J connectivity index is 1.24. The molecule has 4 heterocycles. The zero-order valence-corrected chi connectivity index (χ0v) is 19.9. The molecule has 2 aromatic heterocycles. The molecule has 2 saturated heterocycles. The predicted molar refractivity (Wildman–Crippen MR) is 132 cm³/mol. The van der Waals surface area contributed by atoms with Crippen LogP contribution in [0.3, 0.4) is 0 Å². The van der Waals surface area contributed by atoms with E-state index in [2.05, 4.69) is 21.8 Å². The topological polar surface area (TPSA) is 57.5 Å². The highest BCUT2D eigenvalue weighted by Crippen LogP contribution is 2.29. The van der Waals surface area contributed by atoms with Gasteiger partial charge in [-0.15, -0.1) is 5.10 Å². The number of amides is 1. The average molecular weight is 467 g/mol. The molecule has 3 aromatic rings. The first-order valence-electron chi connectivity index (χ1n) is 11.9. The van der Waals surface area contributed by atoms with E-state index in [1.165, 1.54) is 12.8 Å². The van der Waals surface area contributed by atoms with Gasteiger partial charge in [0.1, 0.15) is 0 Å². The molecular weight excluding hydrogens is 436 g/mol. The van der Waals surface area contributed by atoms with Crippen molar-refractivity contribution in [1.29, 1.82) is 0 Å². The zero-order chi connectivity index (χ0) is 22.8. The number of nitrogens with zero attached hydrogens (tertiary/aromatic N) is 6. The third kappa shape index (κ3) is 4.84. The van der Waals surface area contributed by atoms with Crippen molar-refractivity contribution in [2.45, 2.75) is 25.7 Å². The Bertz CT molecular complexity index is 1100. The quantitative estimate of drug-likeness (QED) is 0.571. The molecule has 0 radical (unpaired) electrons. The van der Waals surface area contributed by atoms with Crippen molar-refractivity contribution >= 4 is 34.2 Å². The highest BCUT2D eigenvalue weighted by Gasteiger charge is 2.26. The summed E-state index contributed by atoms with van der Waals surface area (Å²) in [7, 11) is 2.18. The zero-order valence-electron chi connectivity index (χ0n) is 19.2. The lowest BCUT2D eigenvalue weighted by molar-refractivity contribution is -0.131. The van der Waals surface area contributed by atoms with E-state index in [1.54, 1.807) is 0 Å². The molecule has 5 rings (SSSR count). The lowest BCUT2D eigenvalue weighted by Gasteiger charge is -2.35. The van der Waals surface area contributed by atoms with Crippen LogP contribution >= 0.6 is 11.6 Å². The number of pyridine rings is 1. The van der Waals surface area contributed by atoms with Crippen molar-refractivity contribution in [1.82, 2.24) is 24.6 Å². The Morgan fingerprint density at radius 1 is 1.03 bits per heavy atom. The van der Waals surface area contributed by atoms with Crippen molar-refractivity contribution in [3.8, 4) is 5.69 Å². The smallest absolute Gasteiger partial charge is 0.222 e. The highest BCUT2D eigenvalue weighted by atomic mass is 35.5. The van der Waals surface area contributed by atoms with Crippen LogP contribution in [-0.2, 0) is 4.79 Å². The summed E-state index contributed by atoms with van der Waals surface area (Å²) in [6.45, 7) is 5.37. The molecular formula is C25H31ClN6O. The Morgan fingerprint density at radius 2 is 1.76 bits per heavy atom. The number of likely N-dealkylation sites (tertiary alicyclic amines) is 1. The molecule has 1 amide bonds. The van der Waals surface area contributed by atoms with E-state index in [4.69, 9.17) is 16.7 Å². The predicted octanol–water partition coefficient (Wildman–Crippen LogP) is 3.84. The van der Waals surface area contributed by atoms with Crippen LogP contribution in [0.1, 0.15) is 25.7 Å². The van der Waals surface area contributed by atoms with Gasteiger partial charge in [0.25, 0.3) is 0 Å². The molecule has 0 aliphatic carbocycles. The first-order valence-corrected chi connectivity index (χ1v) is 12.3. The number of fused-ring (bicyclic) bond motifs is 1. The third-order valence-electron chi connectivity index (χ3n) is 7.07. The molecule has 0 spiro atoms. The summed E-state index contributed by atoms with van der Waals surface area (Å²) >= 11 is 6.07. The first kappa shape index (κ1) is 22.2. The van der Waals surface area contributed by atoms with Gasteiger partial charge in [-0.25, -0.2) is 4.68 Å². The van der Waals surface area contributed by atoms with E-state index in [1.807, 2.05) is 52.3 Å². The van der Waals surface area contributed by atoms with Gasteiger partial charge >= 0.3 is 0 Å². The van der Waals surface area contributed by atoms with Crippen LogP contribution in [0.5, 0.6) is 0 Å². The molecule has 0 unspecified atom stereocenters. The second-order valence-corrected chi connectivity index (χ2v) is 9.69. The largest absolute Gasteiger partial charge is 0.351 e. The second kappa shape index (κ2) is 9.69. The van der Waals surface area contributed by atoms with Crippen LogP contribution < -0.4 is 4.90 Å². The van der Waals surface area contributed by atoms with Gasteiger partial charge in [-0.2, -0.15) is 0 Å². The summed E-state index contributed by atoms with van der Waals surface area (Å²) in [6, 6.07) is 9.69. The van der Waals surface area contributed by atoms with E-state index < -0.39 is 0 Å². The number of carbonyl (C=O) groups is 1. The van der Waals surface area contributed by atoms with Crippen LogP contribution in [0.25, 0.3) is 16.6 Å². The maximum absolute atomic E-state index is 12.8. The number of anilines is 1. The molecule has 0 saturated carbocycles. The van der Waals surface area contributed by atoms with Crippen molar-refractivity contribution in [2.75, 3.05) is 51.2 Å². The van der Waals surface area contributed by atoms with Crippen molar-refractivity contribution in [3.63, 3.8) is 0 Å². The van der Waals surface area contributed by atoms with Crippen LogP contribution in [0.4, 0.5) is 5.82 Å². The standard InChI is InChI=1S/C25H31ClN6O/c1-29-12-9-19(10-13-29)2-7-24(33)30-14-16-31(17-15-30)25-22-8-11-27-18-23(22)32(28-25)21-5-3-20(26)4-6-21/h3-6,8,11,18-19H,2,7,9-10,12-17H2,1H3. The molecule has 2 aliphatic rings. The van der Waals surface area contributed by atoms with Gasteiger partial charge in [0, 0.05) is 49.2 Å². The maximum atomic E-state index is 12.8. The summed E-state index contributed by atoms with van der Waals surface area (Å²) in [4.78, 5) is 23.8. The fraction of sp³-hybridized carbons (Fsp3) is 0.480. The fourth-order valence-electron chi connectivity index (χ4n) is 4.96. The number of carbonyl (C=O) groups excluding carboxylic acids is 1. The summed E-state index contributed by atoms with van der Waals surface area (Å²) < 4.78 is 1.92. The number of piperazine rings is 1. The van der Waals surface area contributed by atoms with Crippen molar-refractivity contribution < 1.29 is 4.79 Å². The first-order chi connectivity index (χ1) is 16.1. The van der Waals surface area contributed by atoms with Crippen LogP contribution in [0.15, 0.2) is 42.7 Å². The lowest BCUT2D eigenvalue weighted by atomic mass is 9.92. The van der Waals surface area contributed by atoms with Gasteiger partial charge in [-0.3, -0.25) is 9.78 Å². The van der Waals surface area contributed by atoms with Gasteiger partial charge in [-0.05, 0) is 75.6 Å². The minimum absolute atomic E-state index is 0.300. The van der Waals surface area contributed by atoms with Crippen LogP contribution in [-0.4, -0.2) is 76.8 Å². The lowest BCUT2D eigenvalue weighted by Crippen LogP contribution is -2.49. The van der Waals surface area contributed by atoms with Gasteiger partial charge in [0.15, 0.2) is 5.82 Å². The molecule has 2 aliphatic heterocycles. The molecule has 8 heteroatoms. The van der Waals surface area contributed by atoms with E-state index in [0.29, 0.717) is 23.3 Å². The number of benzene rings is 1. The average Bonchev–Trinajstić information content (AvgIpc) is 3.24. The van der Waals surface area contributed by atoms with Crippen molar-refractivity contribution in [2.24, 2.45) is 5.92 Å². The Labute approximate surface area is 199 Å². The minimum atomic E-state index is 0.300. The molecule has 33 heavy (non-hydrogen) atoms. The van der Waals surface area contributed by atoms with E-state index >= 15 is 0 Å². The van der Waals surface area contributed by atoms with Crippen LogP contribution in [0.2, 0.25) is 5.02 Å². The molecule has 174 valence electrons. The van der Waals surface area contributed by atoms with Crippen LogP contribution in [0, 0.1) is 5.92 Å². The van der Waals surface area contributed by atoms with E-state index in [0.717, 1.165) is 68.1 Å². The Kier molecular flexibility index (Phi) is 6.51. The number of halogens is 1. The normalized spacial score (nSPS) is 18.2. The SMILES string of the molecule is CN1CCC(CCC(=O)N2CCN(c3nn(-c4ccc(Cl)cc4)c4cnccc34)CC2)CC1. The maximum Gasteiger partial charge on any atom is 0.222 e. The highest BCUT2D eigenvalue weighted by molar-refractivity contribution is 6.30. The number of aromatic nitrogens is 3. The summed E-state index contributed by atoms with van der Waals surface area (Å²) in [5.74, 6) is 1.94. The molecule has 0 bridgehead atoms. The summed E-state index contributed by atoms with van der Waals surface area (Å²) in [5, 5.41) is 6.71. The molecule has 7 nitrogen and oxygen atoms in total. The molecule has 1 aromatic carbocycles. The number of hydrogen-bond acceptors (Lipinski definition) is 5. The molecule has 2 fully saturated rings. The second-order valence-electron chi connectivity index (χ2n) is 9.26. The van der Waals surface area contributed by atoms with Gasteiger partial charge in [0.2, 0.25) is 5.91 Å². The van der Waals surface area contributed by atoms with Gasteiger partial charge in [-0.1, -0.05) is 11.6 Å². The number of hydrogen-bond donors (Lipinski definition) is 0. The molecule has 0 N–H and O–H groups in total. The Hall–Kier alpha value is -2.64. The summed E-state index contributed by atoms with van der Waals surface area (Å²) in [5.41, 5.74) is 1.91. The minimum Gasteiger partial charge on any atom is -0.351 e. The fourth-order valence-corrected chi connectivity index (χ4v) is 5.09. The number of piperidine rings is 1. The van der Waals surface area contributed by atoms with Gasteiger partial charge in [0.05, 0.1) is 17.4 Å². The van der Waals surface area contributed by atoms with Gasteiger partial charge < -0.3 is 14.7 Å². The van der Waals surface area contributed by atoms with Crippen molar-refractivity contribution in [3.05, 3.63) is 47.7 Å². The van der Waals surface area contributed by atoms with E-state index in [9.17, 15) is 4.79 Å². The Morgan fingerprint density at radius 3 is 2.48 bits per heavy atom.